The van der Waals surface area contributed by atoms with Crippen LogP contribution in [0.25, 0.3) is 6.08 Å². The van der Waals surface area contributed by atoms with Crippen LogP contribution < -0.4 is 4.74 Å². The quantitative estimate of drug-likeness (QED) is 0.316. The molecule has 29 heavy (non-hydrogen) atoms. The van der Waals surface area contributed by atoms with Crippen molar-refractivity contribution >= 4 is 40.6 Å². The number of hydrogen-bond donors (Lipinski definition) is 1. The van der Waals surface area contributed by atoms with Gasteiger partial charge in [-0.2, -0.15) is 0 Å². The van der Waals surface area contributed by atoms with Gasteiger partial charge in [-0.15, -0.1) is 0 Å². The van der Waals surface area contributed by atoms with E-state index in [1.165, 1.54) is 12.1 Å². The van der Waals surface area contributed by atoms with Gasteiger partial charge < -0.3 is 14.6 Å². The zero-order chi connectivity index (χ0) is 21.9. The van der Waals surface area contributed by atoms with Crippen molar-refractivity contribution in [2.24, 2.45) is 0 Å². The van der Waals surface area contributed by atoms with E-state index in [1.807, 2.05) is 0 Å². The van der Waals surface area contributed by atoms with Crippen molar-refractivity contribution in [3.8, 4) is 11.5 Å². The molecular weight excluding hydrogens is 404 g/mol. The summed E-state index contributed by atoms with van der Waals surface area (Å²) in [7, 11) is 0. The smallest absolute Gasteiger partial charge is 0.326 e. The van der Waals surface area contributed by atoms with E-state index in [2.05, 4.69) is 0 Å². The van der Waals surface area contributed by atoms with Crippen molar-refractivity contribution in [2.75, 3.05) is 13.2 Å². The molecule has 0 saturated carbocycles. The number of thioether (sulfide) groups is 1. The van der Waals surface area contributed by atoms with Crippen molar-refractivity contribution in [1.29, 1.82) is 0 Å². The first-order valence-corrected chi connectivity index (χ1v) is 9.36. The topological polar surface area (TPSA) is 136 Å². The summed E-state index contributed by atoms with van der Waals surface area (Å²) in [4.78, 5) is 47.6. The van der Waals surface area contributed by atoms with Gasteiger partial charge in [0.1, 0.15) is 12.1 Å². The molecule has 2 amide bonds. The molecule has 156 valence electrons. The Morgan fingerprint density at radius 3 is 2.55 bits per heavy atom. The predicted octanol–water partition coefficient (Wildman–Crippen LogP) is 3.08. The largest absolute Gasteiger partial charge is 0.500 e. The predicted molar refractivity (Wildman–Crippen MR) is 104 cm³/mol. The number of nitrogens with zero attached hydrogens (tertiary/aromatic N) is 2. The molecule has 0 atom stereocenters. The number of phenols is 1. The highest BCUT2D eigenvalue weighted by Gasteiger charge is 2.37. The van der Waals surface area contributed by atoms with E-state index in [1.54, 1.807) is 27.7 Å². The minimum atomic E-state index is -0.788. The van der Waals surface area contributed by atoms with Gasteiger partial charge in [0.15, 0.2) is 5.75 Å². The monoisotopic (exact) mass is 424 g/mol. The number of carbonyl (C=O) groups excluding carboxylic acids is 3. The Labute approximate surface area is 170 Å². The standard InChI is InChI=1S/C18H20N2O8S/c1-5-27-12-7-10(6-11(15(12)22)20(25)26)8-13-16(23)19(17(24)29-13)9-14(21)28-18(2,3)4/h6-8,22H,5,9H2,1-4H3. The third-order valence-corrected chi connectivity index (χ3v) is 4.36. The highest BCUT2D eigenvalue weighted by atomic mass is 32.2. The third-order valence-electron chi connectivity index (χ3n) is 3.45. The second kappa shape index (κ2) is 8.52. The summed E-state index contributed by atoms with van der Waals surface area (Å²) >= 11 is 0.592. The normalized spacial score (nSPS) is 15.7. The number of hydrogen-bond acceptors (Lipinski definition) is 9. The molecule has 11 heteroatoms. The lowest BCUT2D eigenvalue weighted by atomic mass is 10.1. The maximum Gasteiger partial charge on any atom is 0.326 e. The van der Waals surface area contributed by atoms with Gasteiger partial charge in [-0.1, -0.05) is 0 Å². The fourth-order valence-corrected chi connectivity index (χ4v) is 3.23. The number of aromatic hydroxyl groups is 1. The lowest BCUT2D eigenvalue weighted by Gasteiger charge is -2.21. The molecule has 1 aromatic rings. The van der Waals surface area contributed by atoms with Crippen LogP contribution in [0.2, 0.25) is 0 Å². The zero-order valence-corrected chi connectivity index (χ0v) is 17.1. The van der Waals surface area contributed by atoms with Crippen LogP contribution in [0.1, 0.15) is 33.3 Å². The Kier molecular flexibility index (Phi) is 6.52. The summed E-state index contributed by atoms with van der Waals surface area (Å²) in [5.74, 6) is -2.22. The van der Waals surface area contributed by atoms with Gasteiger partial charge >= 0.3 is 11.7 Å². The molecule has 0 spiro atoms. The lowest BCUT2D eigenvalue weighted by Crippen LogP contribution is -2.37. The van der Waals surface area contributed by atoms with Crippen LogP contribution in [0.15, 0.2) is 17.0 Å². The van der Waals surface area contributed by atoms with E-state index in [4.69, 9.17) is 9.47 Å². The van der Waals surface area contributed by atoms with Gasteiger partial charge in [0, 0.05) is 6.07 Å². The van der Waals surface area contributed by atoms with E-state index in [0.29, 0.717) is 11.8 Å². The highest BCUT2D eigenvalue weighted by molar-refractivity contribution is 8.18. The third kappa shape index (κ3) is 5.47. The van der Waals surface area contributed by atoms with Gasteiger partial charge in [0.25, 0.3) is 11.1 Å². The number of ether oxygens (including phenoxy) is 2. The first-order chi connectivity index (χ1) is 13.4. The lowest BCUT2D eigenvalue weighted by molar-refractivity contribution is -0.386. The number of nitro benzene ring substituents is 1. The van der Waals surface area contributed by atoms with Crippen LogP contribution in [-0.4, -0.2) is 50.8 Å². The number of rotatable bonds is 6. The maximum absolute atomic E-state index is 12.5. The fraction of sp³-hybridized carbons (Fsp3) is 0.389. The van der Waals surface area contributed by atoms with Crippen molar-refractivity contribution in [2.45, 2.75) is 33.3 Å². The molecule has 0 aliphatic carbocycles. The summed E-state index contributed by atoms with van der Waals surface area (Å²) in [6.45, 7) is 6.23. The first kappa shape index (κ1) is 22.2. The van der Waals surface area contributed by atoms with Gasteiger partial charge in [-0.25, -0.2) is 0 Å². The van der Waals surface area contributed by atoms with E-state index in [-0.39, 0.29) is 22.8 Å². The van der Waals surface area contributed by atoms with Crippen molar-refractivity contribution in [3.05, 3.63) is 32.7 Å². The number of phenolic OH excluding ortho intramolecular Hbond substituents is 1. The molecular formula is C18H20N2O8S. The van der Waals surface area contributed by atoms with Crippen LogP contribution >= 0.6 is 11.8 Å². The van der Waals surface area contributed by atoms with Crippen LogP contribution in [0.5, 0.6) is 11.5 Å². The Morgan fingerprint density at radius 1 is 1.34 bits per heavy atom. The molecule has 1 aliphatic heterocycles. The SMILES string of the molecule is CCOc1cc(C=C2SC(=O)N(CC(=O)OC(C)(C)C)C2=O)cc([N+](=O)[O-])c1O. The van der Waals surface area contributed by atoms with Gasteiger partial charge in [0.05, 0.1) is 16.4 Å². The number of nitro groups is 1. The van der Waals surface area contributed by atoms with Gasteiger partial charge in [-0.3, -0.25) is 29.4 Å². The molecule has 1 saturated heterocycles. The van der Waals surface area contributed by atoms with Gasteiger partial charge in [-0.05, 0) is 57.2 Å². The molecule has 1 fully saturated rings. The number of carbonyl (C=O) groups is 3. The van der Waals surface area contributed by atoms with Crippen molar-refractivity contribution in [3.63, 3.8) is 0 Å². The van der Waals surface area contributed by atoms with Crippen molar-refractivity contribution < 1.29 is 33.9 Å². The van der Waals surface area contributed by atoms with Crippen LogP contribution in [0.4, 0.5) is 10.5 Å². The first-order valence-electron chi connectivity index (χ1n) is 8.54. The molecule has 0 aromatic heterocycles. The molecule has 0 bridgehead atoms. The number of imide groups is 1. The summed E-state index contributed by atoms with van der Waals surface area (Å²) in [5, 5.41) is 20.4. The summed E-state index contributed by atoms with van der Waals surface area (Å²) < 4.78 is 10.3. The number of benzene rings is 1. The number of amides is 2. The van der Waals surface area contributed by atoms with E-state index >= 15 is 0 Å². The van der Waals surface area contributed by atoms with Crippen LogP contribution in [-0.2, 0) is 14.3 Å². The summed E-state index contributed by atoms with van der Waals surface area (Å²) in [6, 6.07) is 2.37. The van der Waals surface area contributed by atoms with E-state index < -0.39 is 45.6 Å². The molecule has 2 rings (SSSR count). The molecule has 0 radical (unpaired) electrons. The second-order valence-corrected chi connectivity index (χ2v) is 7.92. The average Bonchev–Trinajstić information content (AvgIpc) is 2.83. The Balaban J connectivity index is 2.31. The molecule has 1 heterocycles. The minimum absolute atomic E-state index is 0.0269. The Morgan fingerprint density at radius 2 is 2.00 bits per heavy atom. The van der Waals surface area contributed by atoms with Crippen LogP contribution in [0.3, 0.4) is 0 Å². The second-order valence-electron chi connectivity index (χ2n) is 6.93. The maximum atomic E-state index is 12.5. The number of esters is 1. The van der Waals surface area contributed by atoms with E-state index in [0.717, 1.165) is 11.0 Å². The summed E-state index contributed by atoms with van der Waals surface area (Å²) in [6.07, 6.45) is 1.26. The highest BCUT2D eigenvalue weighted by Crippen LogP contribution is 2.39. The molecule has 10 nitrogen and oxygen atoms in total. The van der Waals surface area contributed by atoms with Gasteiger partial charge in [0.2, 0.25) is 5.75 Å². The zero-order valence-electron chi connectivity index (χ0n) is 16.3. The minimum Gasteiger partial charge on any atom is -0.500 e. The van der Waals surface area contributed by atoms with Crippen LogP contribution in [0, 0.1) is 10.1 Å². The Bertz CT molecular complexity index is 904. The van der Waals surface area contributed by atoms with Crippen molar-refractivity contribution in [1.82, 2.24) is 4.90 Å². The molecule has 1 aliphatic rings. The molecule has 0 unspecified atom stereocenters. The molecule has 1 aromatic carbocycles. The molecule has 1 N–H and O–H groups in total. The Hall–Kier alpha value is -3.08. The fourth-order valence-electron chi connectivity index (χ4n) is 2.39. The average molecular weight is 424 g/mol. The van der Waals surface area contributed by atoms with E-state index in [9.17, 15) is 29.6 Å². The summed E-state index contributed by atoms with van der Waals surface area (Å²) in [5.41, 5.74) is -1.19.